The molecule has 0 radical (unpaired) electrons. The standard InChI is InChI=1S/C19H10FN5OS2/c20-13-3-1-11(2-4-13)15-9-14-16(27-15)18(23-10-22-14)28-19-25-24-17(26-19)12-5-7-21-8-6-12/h1-10H. The van der Waals surface area contributed by atoms with E-state index in [0.29, 0.717) is 11.1 Å². The van der Waals surface area contributed by atoms with Crippen LogP contribution in [0.4, 0.5) is 4.39 Å². The Balaban J connectivity index is 1.48. The molecular weight excluding hydrogens is 397 g/mol. The summed E-state index contributed by atoms with van der Waals surface area (Å²) in [5.74, 6) is 0.163. The van der Waals surface area contributed by atoms with Crippen molar-refractivity contribution in [2.24, 2.45) is 0 Å². The van der Waals surface area contributed by atoms with Crippen molar-refractivity contribution in [1.29, 1.82) is 0 Å². The summed E-state index contributed by atoms with van der Waals surface area (Å²) in [5.41, 5.74) is 2.55. The molecule has 136 valence electrons. The van der Waals surface area contributed by atoms with Gasteiger partial charge >= 0.3 is 0 Å². The molecule has 1 aromatic carbocycles. The molecule has 4 heterocycles. The van der Waals surface area contributed by atoms with Crippen molar-refractivity contribution in [2.75, 3.05) is 0 Å². The van der Waals surface area contributed by atoms with Crippen LogP contribution < -0.4 is 0 Å². The highest BCUT2D eigenvalue weighted by atomic mass is 32.2. The summed E-state index contributed by atoms with van der Waals surface area (Å²) in [7, 11) is 0. The van der Waals surface area contributed by atoms with Crippen molar-refractivity contribution >= 4 is 33.3 Å². The highest BCUT2D eigenvalue weighted by Gasteiger charge is 2.15. The number of thiophene rings is 1. The Morgan fingerprint density at radius 2 is 1.75 bits per heavy atom. The number of rotatable bonds is 4. The number of halogens is 1. The summed E-state index contributed by atoms with van der Waals surface area (Å²) in [6, 6.07) is 12.0. The molecule has 6 nitrogen and oxygen atoms in total. The maximum Gasteiger partial charge on any atom is 0.283 e. The first-order valence-corrected chi connectivity index (χ1v) is 9.82. The molecule has 0 aliphatic carbocycles. The molecule has 0 aliphatic heterocycles. The molecule has 0 amide bonds. The summed E-state index contributed by atoms with van der Waals surface area (Å²) >= 11 is 2.83. The first-order valence-electron chi connectivity index (χ1n) is 8.18. The van der Waals surface area contributed by atoms with Gasteiger partial charge in [-0.3, -0.25) is 4.98 Å². The number of hydrogen-bond donors (Lipinski definition) is 0. The third kappa shape index (κ3) is 3.25. The van der Waals surface area contributed by atoms with Crippen molar-refractivity contribution < 1.29 is 8.81 Å². The summed E-state index contributed by atoms with van der Waals surface area (Å²) < 4.78 is 19.8. The fourth-order valence-electron chi connectivity index (χ4n) is 2.61. The van der Waals surface area contributed by atoms with Gasteiger partial charge in [0, 0.05) is 22.8 Å². The highest BCUT2D eigenvalue weighted by Crippen LogP contribution is 2.39. The van der Waals surface area contributed by atoms with E-state index >= 15 is 0 Å². The average Bonchev–Trinajstić information content (AvgIpc) is 3.37. The molecule has 0 atom stereocenters. The molecule has 0 unspecified atom stereocenters. The van der Waals surface area contributed by atoms with Gasteiger partial charge in [0.15, 0.2) is 0 Å². The molecule has 28 heavy (non-hydrogen) atoms. The van der Waals surface area contributed by atoms with Crippen LogP contribution in [0, 0.1) is 5.82 Å². The highest BCUT2D eigenvalue weighted by molar-refractivity contribution is 7.99. The predicted octanol–water partition coefficient (Wildman–Crippen LogP) is 5.09. The zero-order valence-corrected chi connectivity index (χ0v) is 15.7. The van der Waals surface area contributed by atoms with Gasteiger partial charge in [-0.25, -0.2) is 14.4 Å². The molecule has 0 aliphatic rings. The molecule has 4 aromatic heterocycles. The van der Waals surface area contributed by atoms with E-state index in [1.54, 1.807) is 36.7 Å². The third-order valence-electron chi connectivity index (χ3n) is 3.92. The normalized spacial score (nSPS) is 11.2. The minimum Gasteiger partial charge on any atom is -0.411 e. The van der Waals surface area contributed by atoms with Crippen molar-refractivity contribution in [2.45, 2.75) is 10.2 Å². The quantitative estimate of drug-likeness (QED) is 0.384. The van der Waals surface area contributed by atoms with Crippen molar-refractivity contribution in [1.82, 2.24) is 25.1 Å². The van der Waals surface area contributed by atoms with Gasteiger partial charge in [0.05, 0.1) is 10.2 Å². The minimum atomic E-state index is -0.262. The number of pyridine rings is 1. The SMILES string of the molecule is Fc1ccc(-c2cc3ncnc(Sc4nnc(-c5ccncc5)o4)c3s2)cc1. The van der Waals surface area contributed by atoms with E-state index in [1.165, 1.54) is 41.6 Å². The minimum absolute atomic E-state index is 0.262. The van der Waals surface area contributed by atoms with Gasteiger partial charge < -0.3 is 4.42 Å². The summed E-state index contributed by atoms with van der Waals surface area (Å²) in [4.78, 5) is 13.7. The van der Waals surface area contributed by atoms with Crippen molar-refractivity contribution in [3.8, 4) is 21.9 Å². The summed E-state index contributed by atoms with van der Waals surface area (Å²) in [6.45, 7) is 0. The Hall–Kier alpha value is -3.17. The van der Waals surface area contributed by atoms with Crippen LogP contribution in [0.1, 0.15) is 0 Å². The van der Waals surface area contributed by atoms with Gasteiger partial charge in [0.25, 0.3) is 5.22 Å². The molecule has 9 heteroatoms. The van der Waals surface area contributed by atoms with E-state index in [0.717, 1.165) is 31.2 Å². The second kappa shape index (κ2) is 7.10. The zero-order valence-electron chi connectivity index (χ0n) is 14.1. The van der Waals surface area contributed by atoms with E-state index in [-0.39, 0.29) is 5.82 Å². The first kappa shape index (κ1) is 17.0. The Bertz CT molecular complexity index is 1250. The van der Waals surface area contributed by atoms with Crippen LogP contribution in [-0.2, 0) is 0 Å². The van der Waals surface area contributed by atoms with Crippen molar-refractivity contribution in [3.63, 3.8) is 0 Å². The number of fused-ring (bicyclic) bond motifs is 1. The zero-order chi connectivity index (χ0) is 18.9. The van der Waals surface area contributed by atoms with Crippen LogP contribution in [0.25, 0.3) is 32.1 Å². The molecule has 5 aromatic rings. The lowest BCUT2D eigenvalue weighted by Gasteiger charge is -1.97. The molecule has 0 fully saturated rings. The lowest BCUT2D eigenvalue weighted by atomic mass is 10.2. The Kier molecular flexibility index (Phi) is 4.30. The number of benzene rings is 1. The van der Waals surface area contributed by atoms with Gasteiger partial charge in [-0.05, 0) is 47.7 Å². The smallest absolute Gasteiger partial charge is 0.283 e. The van der Waals surface area contributed by atoms with E-state index in [9.17, 15) is 4.39 Å². The number of hydrogen-bond acceptors (Lipinski definition) is 8. The molecule has 0 N–H and O–H groups in total. The Morgan fingerprint density at radius 3 is 2.57 bits per heavy atom. The maximum absolute atomic E-state index is 13.2. The molecule has 0 bridgehead atoms. The predicted molar refractivity (Wildman–Crippen MR) is 104 cm³/mol. The van der Waals surface area contributed by atoms with E-state index in [1.807, 2.05) is 6.07 Å². The van der Waals surface area contributed by atoms with Crippen LogP contribution in [0.5, 0.6) is 0 Å². The number of aromatic nitrogens is 5. The summed E-state index contributed by atoms with van der Waals surface area (Å²) in [5, 5.41) is 9.30. The molecule has 0 saturated carbocycles. The van der Waals surface area contributed by atoms with Crippen LogP contribution >= 0.6 is 23.1 Å². The van der Waals surface area contributed by atoms with Gasteiger partial charge in [-0.2, -0.15) is 0 Å². The van der Waals surface area contributed by atoms with Crippen LogP contribution in [0.3, 0.4) is 0 Å². The van der Waals surface area contributed by atoms with Gasteiger partial charge in [-0.1, -0.05) is 12.1 Å². The van der Waals surface area contributed by atoms with Gasteiger partial charge in [0.2, 0.25) is 5.89 Å². The number of nitrogens with zero attached hydrogens (tertiary/aromatic N) is 5. The maximum atomic E-state index is 13.2. The van der Waals surface area contributed by atoms with Crippen LogP contribution in [0.2, 0.25) is 0 Å². The summed E-state index contributed by atoms with van der Waals surface area (Å²) in [6.07, 6.45) is 4.85. The van der Waals surface area contributed by atoms with Crippen LogP contribution in [0.15, 0.2) is 75.9 Å². The monoisotopic (exact) mass is 407 g/mol. The van der Waals surface area contributed by atoms with E-state index in [4.69, 9.17) is 4.42 Å². The molecule has 0 saturated heterocycles. The Morgan fingerprint density at radius 1 is 0.929 bits per heavy atom. The van der Waals surface area contributed by atoms with Crippen molar-refractivity contribution in [3.05, 3.63) is 67.0 Å². The molecule has 0 spiro atoms. The largest absolute Gasteiger partial charge is 0.411 e. The van der Waals surface area contributed by atoms with Gasteiger partial charge in [0.1, 0.15) is 17.2 Å². The molecule has 5 rings (SSSR count). The van der Waals surface area contributed by atoms with E-state index < -0.39 is 0 Å². The lowest BCUT2D eigenvalue weighted by Crippen LogP contribution is -1.82. The molecular formula is C19H10FN5OS2. The topological polar surface area (TPSA) is 77.6 Å². The fraction of sp³-hybridized carbons (Fsp3) is 0. The fourth-order valence-corrected chi connectivity index (χ4v) is 4.52. The van der Waals surface area contributed by atoms with E-state index in [2.05, 4.69) is 25.1 Å². The third-order valence-corrected chi connectivity index (χ3v) is 6.08. The Labute approximate surface area is 166 Å². The lowest BCUT2D eigenvalue weighted by molar-refractivity contribution is 0.465. The average molecular weight is 407 g/mol. The second-order valence-electron chi connectivity index (χ2n) is 5.72. The van der Waals surface area contributed by atoms with Crippen LogP contribution in [-0.4, -0.2) is 25.1 Å². The first-order chi connectivity index (χ1) is 13.8. The van der Waals surface area contributed by atoms with Gasteiger partial charge in [-0.15, -0.1) is 21.5 Å². The second-order valence-corrected chi connectivity index (χ2v) is 7.71.